The van der Waals surface area contributed by atoms with Gasteiger partial charge in [-0.2, -0.15) is 0 Å². The summed E-state index contributed by atoms with van der Waals surface area (Å²) in [7, 11) is 0. The van der Waals surface area contributed by atoms with Crippen molar-refractivity contribution in [3.63, 3.8) is 0 Å². The largest absolute Gasteiger partial charge is 0.353 e. The molecule has 3 aromatic heterocycles. The minimum atomic E-state index is -0.907. The van der Waals surface area contributed by atoms with E-state index in [0.29, 0.717) is 17.8 Å². The Hall–Kier alpha value is -4.10. The van der Waals surface area contributed by atoms with Crippen molar-refractivity contribution in [3.8, 4) is 0 Å². The molecule has 2 amide bonds. The fourth-order valence-corrected chi connectivity index (χ4v) is 8.08. The molecule has 0 bridgehead atoms. The van der Waals surface area contributed by atoms with E-state index in [1.165, 1.54) is 25.3 Å². The molecular formula is C38H49FN8O2S2. The van der Waals surface area contributed by atoms with E-state index in [1.54, 1.807) is 39.7 Å². The molecule has 13 heteroatoms. The number of carbonyl (C=O) groups is 2. The van der Waals surface area contributed by atoms with Gasteiger partial charge in [0.2, 0.25) is 11.8 Å². The van der Waals surface area contributed by atoms with Crippen LogP contribution in [-0.4, -0.2) is 66.0 Å². The number of hydrogen-bond donors (Lipinski definition) is 1. The molecule has 0 aliphatic carbocycles. The van der Waals surface area contributed by atoms with Crippen molar-refractivity contribution in [2.24, 2.45) is 10.8 Å². The fourth-order valence-electron chi connectivity index (χ4n) is 6.50. The van der Waals surface area contributed by atoms with Gasteiger partial charge in [0.1, 0.15) is 11.6 Å². The van der Waals surface area contributed by atoms with Crippen molar-refractivity contribution in [2.75, 3.05) is 58.9 Å². The van der Waals surface area contributed by atoms with Crippen molar-refractivity contribution < 1.29 is 14.0 Å². The number of piperidine rings is 1. The van der Waals surface area contributed by atoms with Crippen molar-refractivity contribution >= 4 is 56.3 Å². The van der Waals surface area contributed by atoms with E-state index in [9.17, 15) is 9.59 Å². The van der Waals surface area contributed by atoms with Crippen molar-refractivity contribution in [2.45, 2.75) is 73.4 Å². The van der Waals surface area contributed by atoms with E-state index in [-0.39, 0.29) is 24.8 Å². The Balaban J connectivity index is 1.11. The van der Waals surface area contributed by atoms with Crippen LogP contribution in [0.25, 0.3) is 0 Å². The summed E-state index contributed by atoms with van der Waals surface area (Å²) in [6.45, 7) is 15.4. The minimum absolute atomic E-state index is 0.0911. The zero-order valence-electron chi connectivity index (χ0n) is 30.3. The standard InChI is InChI=1S/C38H49FN8O2S2/c1-37(2,3)34(49)47(25-27-9-12-32(41-23-27)44-16-18-46(19-17-44)35-40-13-20-50-35)30-10-11-31(39)28(21-30)22-38(4,5)33(48)42-24-29-26-51-36(43-29)45-14-7-6-8-15-45/h9-13,20-21,23,26H,6-8,14-19,22,24-25H2,1-5H3,(H,42,48). The monoisotopic (exact) mass is 732 g/mol. The molecule has 2 saturated heterocycles. The maximum Gasteiger partial charge on any atom is 0.232 e. The Morgan fingerprint density at radius 1 is 0.882 bits per heavy atom. The molecule has 0 saturated carbocycles. The lowest BCUT2D eigenvalue weighted by Crippen LogP contribution is -2.46. The first kappa shape index (κ1) is 36.7. The predicted molar refractivity (Wildman–Crippen MR) is 205 cm³/mol. The molecule has 2 fully saturated rings. The molecule has 4 aromatic rings. The molecular weight excluding hydrogens is 684 g/mol. The van der Waals surface area contributed by atoms with Crippen LogP contribution in [0.3, 0.4) is 0 Å². The summed E-state index contributed by atoms with van der Waals surface area (Å²) in [6, 6.07) is 8.76. The lowest BCUT2D eigenvalue weighted by Gasteiger charge is -2.35. The number of piperazine rings is 1. The third-order valence-electron chi connectivity index (χ3n) is 9.51. The highest BCUT2D eigenvalue weighted by Gasteiger charge is 2.32. The van der Waals surface area contributed by atoms with Gasteiger partial charge < -0.3 is 24.9 Å². The maximum atomic E-state index is 15.4. The van der Waals surface area contributed by atoms with Gasteiger partial charge in [0.15, 0.2) is 10.3 Å². The minimum Gasteiger partial charge on any atom is -0.353 e. The Kier molecular flexibility index (Phi) is 11.3. The molecule has 0 atom stereocenters. The van der Waals surface area contributed by atoms with Gasteiger partial charge in [-0.1, -0.05) is 40.7 Å². The first-order chi connectivity index (χ1) is 24.4. The predicted octanol–water partition coefficient (Wildman–Crippen LogP) is 6.92. The molecule has 1 N–H and O–H groups in total. The Bertz CT molecular complexity index is 1770. The number of anilines is 4. The van der Waals surface area contributed by atoms with E-state index in [2.05, 4.69) is 25.0 Å². The average molecular weight is 733 g/mol. The highest BCUT2D eigenvalue weighted by molar-refractivity contribution is 7.14. The number of nitrogens with zero attached hydrogens (tertiary/aromatic N) is 7. The number of pyridine rings is 1. The van der Waals surface area contributed by atoms with E-state index in [4.69, 9.17) is 9.97 Å². The first-order valence-corrected chi connectivity index (χ1v) is 19.6. The molecule has 2 aliphatic heterocycles. The number of carbonyl (C=O) groups excluding carboxylic acids is 2. The molecule has 2 aliphatic rings. The third-order valence-corrected chi connectivity index (χ3v) is 11.3. The van der Waals surface area contributed by atoms with Gasteiger partial charge >= 0.3 is 0 Å². The molecule has 0 unspecified atom stereocenters. The SMILES string of the molecule is CC(C)(C)C(=O)N(Cc1ccc(N2CCN(c3nccs3)CC2)nc1)c1ccc(F)c(CC(C)(C)C(=O)NCc2csc(N3CCCCC3)n2)c1. The number of rotatable bonds is 11. The molecule has 272 valence electrons. The second kappa shape index (κ2) is 15.6. The van der Waals surface area contributed by atoms with Crippen LogP contribution in [-0.2, 0) is 29.1 Å². The first-order valence-electron chi connectivity index (χ1n) is 17.8. The molecule has 6 rings (SSSR count). The van der Waals surface area contributed by atoms with Crippen LogP contribution in [0.5, 0.6) is 0 Å². The second-order valence-corrected chi connectivity index (χ2v) is 16.9. The molecule has 1 aromatic carbocycles. The average Bonchev–Trinajstić information content (AvgIpc) is 3.84. The number of halogens is 1. The van der Waals surface area contributed by atoms with Gasteiger partial charge in [-0.05, 0) is 61.1 Å². The molecule has 0 radical (unpaired) electrons. The van der Waals surface area contributed by atoms with Gasteiger partial charge in [-0.3, -0.25) is 9.59 Å². The summed E-state index contributed by atoms with van der Waals surface area (Å²) in [4.78, 5) is 49.8. The smallest absolute Gasteiger partial charge is 0.232 e. The Morgan fingerprint density at radius 2 is 1.61 bits per heavy atom. The van der Waals surface area contributed by atoms with E-state index in [0.717, 1.165) is 66.6 Å². The number of amides is 2. The topological polar surface area (TPSA) is 97.8 Å². The second-order valence-electron chi connectivity index (χ2n) is 15.1. The zero-order chi connectivity index (χ0) is 36.2. The number of aromatic nitrogens is 3. The van der Waals surface area contributed by atoms with Gasteiger partial charge in [0.25, 0.3) is 0 Å². The molecule has 10 nitrogen and oxygen atoms in total. The summed E-state index contributed by atoms with van der Waals surface area (Å²) in [5.41, 5.74) is 1.07. The van der Waals surface area contributed by atoms with Crippen LogP contribution in [0, 0.1) is 16.6 Å². The summed E-state index contributed by atoms with van der Waals surface area (Å²) in [5.74, 6) is 0.215. The van der Waals surface area contributed by atoms with E-state index >= 15 is 4.39 Å². The summed E-state index contributed by atoms with van der Waals surface area (Å²) in [5, 5.41) is 9.07. The van der Waals surface area contributed by atoms with Crippen LogP contribution >= 0.6 is 22.7 Å². The van der Waals surface area contributed by atoms with Crippen LogP contribution < -0.4 is 24.9 Å². The van der Waals surface area contributed by atoms with Crippen molar-refractivity contribution in [1.29, 1.82) is 0 Å². The maximum absolute atomic E-state index is 15.4. The van der Waals surface area contributed by atoms with Gasteiger partial charge in [0.05, 0.1) is 18.8 Å². The molecule has 5 heterocycles. The Labute approximate surface area is 308 Å². The number of nitrogens with one attached hydrogen (secondary N) is 1. The van der Waals surface area contributed by atoms with Crippen LogP contribution in [0.15, 0.2) is 53.5 Å². The number of hydrogen-bond acceptors (Lipinski definition) is 10. The normalized spacial score (nSPS) is 15.6. The van der Waals surface area contributed by atoms with Crippen molar-refractivity contribution in [3.05, 3.63) is 76.1 Å². The van der Waals surface area contributed by atoms with Crippen LogP contribution in [0.1, 0.15) is 70.7 Å². The fraction of sp³-hybridized carbons (Fsp3) is 0.500. The van der Waals surface area contributed by atoms with E-state index < -0.39 is 16.6 Å². The number of thiazole rings is 2. The van der Waals surface area contributed by atoms with Crippen LogP contribution in [0.4, 0.5) is 26.2 Å². The van der Waals surface area contributed by atoms with Crippen LogP contribution in [0.2, 0.25) is 0 Å². The number of benzene rings is 1. The summed E-state index contributed by atoms with van der Waals surface area (Å²) >= 11 is 3.26. The van der Waals surface area contributed by atoms with Gasteiger partial charge in [-0.15, -0.1) is 22.7 Å². The lowest BCUT2D eigenvalue weighted by molar-refractivity contribution is -0.129. The quantitative estimate of drug-likeness (QED) is 0.178. The highest BCUT2D eigenvalue weighted by atomic mass is 32.1. The van der Waals surface area contributed by atoms with E-state index in [1.807, 2.05) is 69.9 Å². The van der Waals surface area contributed by atoms with Gasteiger partial charge in [0, 0.05) is 78.9 Å². The zero-order valence-corrected chi connectivity index (χ0v) is 32.0. The Morgan fingerprint density at radius 3 is 2.27 bits per heavy atom. The highest BCUT2D eigenvalue weighted by Crippen LogP contribution is 2.31. The third kappa shape index (κ3) is 9.04. The van der Waals surface area contributed by atoms with Crippen molar-refractivity contribution in [1.82, 2.24) is 20.3 Å². The lowest BCUT2D eigenvalue weighted by atomic mass is 9.84. The molecule has 51 heavy (non-hydrogen) atoms. The summed E-state index contributed by atoms with van der Waals surface area (Å²) in [6.07, 6.45) is 7.44. The summed E-state index contributed by atoms with van der Waals surface area (Å²) < 4.78 is 15.4. The molecule has 0 spiro atoms. The van der Waals surface area contributed by atoms with Gasteiger partial charge in [-0.25, -0.2) is 19.3 Å².